The maximum Gasteiger partial charge on any atom is 0.307 e. The van der Waals surface area contributed by atoms with E-state index in [-0.39, 0.29) is 12.2 Å². The summed E-state index contributed by atoms with van der Waals surface area (Å²) in [5.41, 5.74) is 1.89. The molecule has 1 heterocycles. The Labute approximate surface area is 126 Å². The Hall–Kier alpha value is -2.95. The van der Waals surface area contributed by atoms with Gasteiger partial charge in [0.2, 0.25) is 0 Å². The van der Waals surface area contributed by atoms with Crippen molar-refractivity contribution in [2.45, 2.75) is 6.42 Å². The highest BCUT2D eigenvalue weighted by Crippen LogP contribution is 2.35. The summed E-state index contributed by atoms with van der Waals surface area (Å²) in [6, 6.07) is 12.0. The van der Waals surface area contributed by atoms with Crippen molar-refractivity contribution in [2.24, 2.45) is 0 Å². The van der Waals surface area contributed by atoms with Crippen LogP contribution < -0.4 is 4.74 Å². The number of benzene rings is 2. The minimum absolute atomic E-state index is 0.0375. The van der Waals surface area contributed by atoms with E-state index in [0.29, 0.717) is 28.2 Å². The summed E-state index contributed by atoms with van der Waals surface area (Å²) in [6.07, 6.45) is -0.0375. The second-order valence-corrected chi connectivity index (χ2v) is 4.94. The zero-order valence-electron chi connectivity index (χ0n) is 11.9. The predicted molar refractivity (Wildman–Crippen MR) is 81.2 cm³/mol. The lowest BCUT2D eigenvalue weighted by atomic mass is 10.1. The number of fused-ring (bicyclic) bond motifs is 1. The molecule has 2 aromatic carbocycles. The first-order chi connectivity index (χ1) is 10.6. The average molecular weight is 298 g/mol. The first kappa shape index (κ1) is 14.0. The van der Waals surface area contributed by atoms with E-state index in [1.807, 2.05) is 0 Å². The first-order valence-electron chi connectivity index (χ1n) is 6.68. The molecule has 0 saturated carbocycles. The van der Waals surface area contributed by atoms with Crippen molar-refractivity contribution in [3.8, 4) is 22.8 Å². The highest BCUT2D eigenvalue weighted by atomic mass is 16.5. The molecule has 3 rings (SSSR count). The van der Waals surface area contributed by atoms with Crippen LogP contribution in [0.15, 0.2) is 46.9 Å². The monoisotopic (exact) mass is 298 g/mol. The summed E-state index contributed by atoms with van der Waals surface area (Å²) in [7, 11) is 1.53. The molecule has 5 heteroatoms. The number of aliphatic carboxylic acids is 1. The van der Waals surface area contributed by atoms with Crippen LogP contribution in [-0.2, 0) is 11.2 Å². The Morgan fingerprint density at radius 1 is 1.18 bits per heavy atom. The molecular weight excluding hydrogens is 284 g/mol. The summed E-state index contributed by atoms with van der Waals surface area (Å²) in [6.45, 7) is 0. The second kappa shape index (κ2) is 5.44. The van der Waals surface area contributed by atoms with Crippen LogP contribution in [0.25, 0.3) is 22.3 Å². The zero-order chi connectivity index (χ0) is 15.7. The number of hydrogen-bond donors (Lipinski definition) is 2. The second-order valence-electron chi connectivity index (χ2n) is 4.94. The van der Waals surface area contributed by atoms with Crippen LogP contribution in [0.5, 0.6) is 11.5 Å². The number of ether oxygens (including phenoxy) is 1. The number of hydrogen-bond acceptors (Lipinski definition) is 4. The summed E-state index contributed by atoms with van der Waals surface area (Å²) in [5.74, 6) is 0.253. The molecule has 0 bridgehead atoms. The Kier molecular flexibility index (Phi) is 3.47. The minimum Gasteiger partial charge on any atom is -0.507 e. The van der Waals surface area contributed by atoms with Gasteiger partial charge < -0.3 is 19.4 Å². The van der Waals surface area contributed by atoms with Gasteiger partial charge in [0.15, 0.2) is 0 Å². The number of phenolic OH excluding ortho intramolecular Hbond substituents is 1. The summed E-state index contributed by atoms with van der Waals surface area (Å²) in [5, 5.41) is 19.7. The number of aromatic hydroxyl groups is 1. The highest BCUT2D eigenvalue weighted by molar-refractivity contribution is 5.85. The smallest absolute Gasteiger partial charge is 0.307 e. The van der Waals surface area contributed by atoms with Crippen LogP contribution in [0, 0.1) is 0 Å². The lowest BCUT2D eigenvalue weighted by Crippen LogP contribution is -1.99. The SMILES string of the molecule is COc1ccc(-c2cc3cc(CC(=O)O)ccc3o2)c(O)c1. The highest BCUT2D eigenvalue weighted by Gasteiger charge is 2.12. The van der Waals surface area contributed by atoms with Gasteiger partial charge in [-0.3, -0.25) is 4.79 Å². The number of carbonyl (C=O) groups is 1. The Balaban J connectivity index is 2.03. The van der Waals surface area contributed by atoms with E-state index >= 15 is 0 Å². The molecule has 0 spiro atoms. The number of carboxylic acid groups (broad SMARTS) is 1. The van der Waals surface area contributed by atoms with Crippen LogP contribution in [-0.4, -0.2) is 23.3 Å². The van der Waals surface area contributed by atoms with E-state index in [1.54, 1.807) is 36.4 Å². The average Bonchev–Trinajstić information content (AvgIpc) is 2.89. The minimum atomic E-state index is -0.879. The summed E-state index contributed by atoms with van der Waals surface area (Å²) in [4.78, 5) is 10.8. The standard InChI is InChI=1S/C17H14O5/c1-21-12-3-4-13(14(18)9-12)16-8-11-6-10(7-17(19)20)2-5-15(11)22-16/h2-6,8-9,18H,7H2,1H3,(H,19,20). The molecule has 0 radical (unpaired) electrons. The molecule has 3 aromatic rings. The van der Waals surface area contributed by atoms with E-state index in [0.717, 1.165) is 5.39 Å². The molecule has 0 atom stereocenters. The normalized spacial score (nSPS) is 10.8. The Morgan fingerprint density at radius 3 is 2.68 bits per heavy atom. The summed E-state index contributed by atoms with van der Waals surface area (Å²) < 4.78 is 10.8. The van der Waals surface area contributed by atoms with Gasteiger partial charge in [-0.2, -0.15) is 0 Å². The van der Waals surface area contributed by atoms with Gasteiger partial charge in [0.25, 0.3) is 0 Å². The maximum atomic E-state index is 10.8. The lowest BCUT2D eigenvalue weighted by molar-refractivity contribution is -0.136. The molecule has 5 nitrogen and oxygen atoms in total. The van der Waals surface area contributed by atoms with E-state index < -0.39 is 5.97 Å². The van der Waals surface area contributed by atoms with E-state index in [4.69, 9.17) is 14.3 Å². The molecule has 1 aromatic heterocycles. The van der Waals surface area contributed by atoms with Crippen LogP contribution >= 0.6 is 0 Å². The fourth-order valence-electron chi connectivity index (χ4n) is 2.36. The molecule has 0 aliphatic rings. The third-order valence-corrected chi connectivity index (χ3v) is 3.41. The number of furan rings is 1. The maximum absolute atomic E-state index is 10.8. The van der Waals surface area contributed by atoms with Crippen LogP contribution in [0.1, 0.15) is 5.56 Å². The topological polar surface area (TPSA) is 79.9 Å². The molecule has 0 saturated heterocycles. The molecule has 112 valence electrons. The van der Waals surface area contributed by atoms with Gasteiger partial charge in [-0.25, -0.2) is 0 Å². The lowest BCUT2D eigenvalue weighted by Gasteiger charge is -2.04. The van der Waals surface area contributed by atoms with E-state index in [9.17, 15) is 9.90 Å². The fourth-order valence-corrected chi connectivity index (χ4v) is 2.36. The van der Waals surface area contributed by atoms with Crippen molar-refractivity contribution >= 4 is 16.9 Å². The van der Waals surface area contributed by atoms with Gasteiger partial charge in [0, 0.05) is 11.5 Å². The van der Waals surface area contributed by atoms with Gasteiger partial charge in [0.1, 0.15) is 22.8 Å². The van der Waals surface area contributed by atoms with Crippen LogP contribution in [0.3, 0.4) is 0 Å². The van der Waals surface area contributed by atoms with Gasteiger partial charge in [-0.15, -0.1) is 0 Å². The van der Waals surface area contributed by atoms with Crippen molar-refractivity contribution in [3.05, 3.63) is 48.0 Å². The third-order valence-electron chi connectivity index (χ3n) is 3.41. The largest absolute Gasteiger partial charge is 0.507 e. The number of rotatable bonds is 4. The molecule has 22 heavy (non-hydrogen) atoms. The van der Waals surface area contributed by atoms with Gasteiger partial charge in [0.05, 0.1) is 19.1 Å². The molecule has 0 amide bonds. The fraction of sp³-hybridized carbons (Fsp3) is 0.118. The van der Waals surface area contributed by atoms with Crippen molar-refractivity contribution in [3.63, 3.8) is 0 Å². The van der Waals surface area contributed by atoms with Crippen molar-refractivity contribution in [1.82, 2.24) is 0 Å². The number of carboxylic acids is 1. The predicted octanol–water partition coefficient (Wildman–Crippen LogP) is 3.44. The Morgan fingerprint density at radius 2 is 2.00 bits per heavy atom. The Bertz CT molecular complexity index is 847. The van der Waals surface area contributed by atoms with Crippen molar-refractivity contribution < 1.29 is 24.2 Å². The molecule has 0 fully saturated rings. The van der Waals surface area contributed by atoms with Gasteiger partial charge >= 0.3 is 5.97 Å². The zero-order valence-corrected chi connectivity index (χ0v) is 11.9. The van der Waals surface area contributed by atoms with Gasteiger partial charge in [-0.1, -0.05) is 6.07 Å². The molecule has 0 aliphatic carbocycles. The van der Waals surface area contributed by atoms with E-state index in [2.05, 4.69) is 0 Å². The van der Waals surface area contributed by atoms with E-state index in [1.165, 1.54) is 13.2 Å². The summed E-state index contributed by atoms with van der Waals surface area (Å²) >= 11 is 0. The van der Waals surface area contributed by atoms with Gasteiger partial charge in [-0.05, 0) is 35.9 Å². The molecule has 0 aliphatic heterocycles. The molecule has 2 N–H and O–H groups in total. The third kappa shape index (κ3) is 2.61. The molecular formula is C17H14O5. The number of methoxy groups -OCH3 is 1. The van der Waals surface area contributed by atoms with Crippen molar-refractivity contribution in [1.29, 1.82) is 0 Å². The molecule has 0 unspecified atom stereocenters. The van der Waals surface area contributed by atoms with Crippen molar-refractivity contribution in [2.75, 3.05) is 7.11 Å². The van der Waals surface area contributed by atoms with Crippen LogP contribution in [0.2, 0.25) is 0 Å². The van der Waals surface area contributed by atoms with Crippen LogP contribution in [0.4, 0.5) is 0 Å². The first-order valence-corrected chi connectivity index (χ1v) is 6.68. The quantitative estimate of drug-likeness (QED) is 0.771. The number of phenols is 1.